The first-order chi connectivity index (χ1) is 10.1. The van der Waals surface area contributed by atoms with Gasteiger partial charge in [-0.3, -0.25) is 0 Å². The zero-order valence-electron chi connectivity index (χ0n) is 12.8. The zero-order valence-corrected chi connectivity index (χ0v) is 13.6. The van der Waals surface area contributed by atoms with Crippen LogP contribution in [0.1, 0.15) is 41.1 Å². The largest absolute Gasteiger partial charge is 0.323 e. The highest BCUT2D eigenvalue weighted by Gasteiger charge is 2.25. The molecule has 1 aliphatic carbocycles. The van der Waals surface area contributed by atoms with Gasteiger partial charge in [0.2, 0.25) is 0 Å². The lowest BCUT2D eigenvalue weighted by molar-refractivity contribution is 0.632. The maximum Gasteiger partial charge on any atom is 0.0421 e. The van der Waals surface area contributed by atoms with Gasteiger partial charge < -0.3 is 5.73 Å². The van der Waals surface area contributed by atoms with E-state index >= 15 is 0 Å². The van der Waals surface area contributed by atoms with E-state index < -0.39 is 0 Å². The van der Waals surface area contributed by atoms with E-state index in [1.165, 1.54) is 40.0 Å². The number of fused-ring (bicyclic) bond motifs is 1. The third kappa shape index (κ3) is 3.17. The molecule has 0 fully saturated rings. The molecule has 3 rings (SSSR count). The van der Waals surface area contributed by atoms with Crippen LogP contribution < -0.4 is 5.73 Å². The molecule has 2 atom stereocenters. The van der Waals surface area contributed by atoms with Crippen molar-refractivity contribution in [2.45, 2.75) is 49.3 Å². The van der Waals surface area contributed by atoms with Gasteiger partial charge in [0.25, 0.3) is 0 Å². The van der Waals surface area contributed by atoms with Crippen LogP contribution in [-0.2, 0) is 6.42 Å². The van der Waals surface area contributed by atoms with Gasteiger partial charge in [-0.15, -0.1) is 11.8 Å². The average Bonchev–Trinajstić information content (AvgIpc) is 2.64. The van der Waals surface area contributed by atoms with E-state index in [0.717, 1.165) is 6.42 Å². The highest BCUT2D eigenvalue weighted by atomic mass is 32.2. The predicted octanol–water partition coefficient (Wildman–Crippen LogP) is 4.80. The van der Waals surface area contributed by atoms with E-state index in [0.29, 0.717) is 5.25 Å². The van der Waals surface area contributed by atoms with Crippen LogP contribution in [0.5, 0.6) is 0 Å². The number of nitrogens with two attached hydrogens (primary N) is 1. The summed E-state index contributed by atoms with van der Waals surface area (Å²) in [6.45, 7) is 4.35. The maximum absolute atomic E-state index is 6.59. The molecule has 2 N–H and O–H groups in total. The molecule has 0 aromatic heterocycles. The summed E-state index contributed by atoms with van der Waals surface area (Å²) in [6.07, 6.45) is 3.58. The molecule has 2 aromatic rings. The molecule has 0 aliphatic heterocycles. The molecule has 2 heteroatoms. The summed E-state index contributed by atoms with van der Waals surface area (Å²) in [6, 6.07) is 15.6. The van der Waals surface area contributed by atoms with Crippen LogP contribution in [0.25, 0.3) is 0 Å². The number of hydrogen-bond donors (Lipinski definition) is 1. The molecule has 2 unspecified atom stereocenters. The van der Waals surface area contributed by atoms with Crippen molar-refractivity contribution in [3.8, 4) is 0 Å². The van der Waals surface area contributed by atoms with Gasteiger partial charge in [0.05, 0.1) is 0 Å². The van der Waals surface area contributed by atoms with Crippen LogP contribution in [0, 0.1) is 13.8 Å². The topological polar surface area (TPSA) is 26.0 Å². The van der Waals surface area contributed by atoms with Gasteiger partial charge in [-0.25, -0.2) is 0 Å². The quantitative estimate of drug-likeness (QED) is 0.806. The van der Waals surface area contributed by atoms with Crippen LogP contribution in [-0.4, -0.2) is 5.25 Å². The van der Waals surface area contributed by atoms with Crippen LogP contribution in [0.4, 0.5) is 0 Å². The normalized spacial score (nSPS) is 21.7. The smallest absolute Gasteiger partial charge is 0.0421 e. The molecule has 0 spiro atoms. The summed E-state index contributed by atoms with van der Waals surface area (Å²) in [5.41, 5.74) is 12.1. The van der Waals surface area contributed by atoms with Crippen LogP contribution in [0.15, 0.2) is 47.4 Å². The SMILES string of the molecule is Cc1ccc(SC2CCCc3ccccc3C2N)cc1C. The van der Waals surface area contributed by atoms with E-state index in [1.807, 2.05) is 11.8 Å². The fourth-order valence-corrected chi connectivity index (χ4v) is 4.37. The van der Waals surface area contributed by atoms with Gasteiger partial charge >= 0.3 is 0 Å². The highest BCUT2D eigenvalue weighted by Crippen LogP contribution is 2.38. The van der Waals surface area contributed by atoms with E-state index in [4.69, 9.17) is 5.73 Å². The van der Waals surface area contributed by atoms with Crippen molar-refractivity contribution >= 4 is 11.8 Å². The fraction of sp³-hybridized carbons (Fsp3) is 0.368. The lowest BCUT2D eigenvalue weighted by Crippen LogP contribution is -2.23. The lowest BCUT2D eigenvalue weighted by Gasteiger charge is -2.23. The molecule has 110 valence electrons. The van der Waals surface area contributed by atoms with Crippen molar-refractivity contribution in [1.82, 2.24) is 0 Å². The van der Waals surface area contributed by atoms with Crippen molar-refractivity contribution in [1.29, 1.82) is 0 Å². The van der Waals surface area contributed by atoms with Gasteiger partial charge in [-0.05, 0) is 67.5 Å². The van der Waals surface area contributed by atoms with E-state index in [2.05, 4.69) is 56.3 Å². The Morgan fingerprint density at radius 3 is 2.67 bits per heavy atom. The molecule has 0 amide bonds. The van der Waals surface area contributed by atoms with Crippen LogP contribution in [0.3, 0.4) is 0 Å². The van der Waals surface area contributed by atoms with Gasteiger partial charge in [0.1, 0.15) is 0 Å². The van der Waals surface area contributed by atoms with Gasteiger partial charge in [0, 0.05) is 16.2 Å². The second-order valence-electron chi connectivity index (χ2n) is 6.02. The summed E-state index contributed by atoms with van der Waals surface area (Å²) < 4.78 is 0. The first-order valence-electron chi connectivity index (χ1n) is 7.72. The minimum absolute atomic E-state index is 0.135. The third-order valence-corrected chi connectivity index (χ3v) is 5.87. The molecule has 0 saturated heterocycles. The standard InChI is InChI=1S/C19H23NS/c1-13-10-11-16(12-14(13)2)21-18-9-5-7-15-6-3-4-8-17(15)19(18)20/h3-4,6,8,10-12,18-19H,5,7,9,20H2,1-2H3. The van der Waals surface area contributed by atoms with E-state index in [1.54, 1.807) is 0 Å². The van der Waals surface area contributed by atoms with Gasteiger partial charge in [-0.1, -0.05) is 30.3 Å². The Hall–Kier alpha value is -1.25. The summed E-state index contributed by atoms with van der Waals surface area (Å²) in [4.78, 5) is 1.35. The first kappa shape index (κ1) is 14.7. The van der Waals surface area contributed by atoms with Crippen molar-refractivity contribution in [2.75, 3.05) is 0 Å². The monoisotopic (exact) mass is 297 g/mol. The van der Waals surface area contributed by atoms with Gasteiger partial charge in [-0.2, -0.15) is 0 Å². The van der Waals surface area contributed by atoms with Crippen LogP contribution in [0.2, 0.25) is 0 Å². The third-order valence-electron chi connectivity index (χ3n) is 4.52. The Balaban J connectivity index is 1.84. The number of thioether (sulfide) groups is 1. The second kappa shape index (κ2) is 6.25. The van der Waals surface area contributed by atoms with Crippen molar-refractivity contribution in [3.05, 3.63) is 64.7 Å². The minimum Gasteiger partial charge on any atom is -0.323 e. The Labute approximate surface area is 132 Å². The molecule has 2 aromatic carbocycles. The molecule has 21 heavy (non-hydrogen) atoms. The molecule has 0 heterocycles. The Bertz CT molecular complexity index is 635. The second-order valence-corrected chi connectivity index (χ2v) is 7.33. The zero-order chi connectivity index (χ0) is 14.8. The first-order valence-corrected chi connectivity index (χ1v) is 8.60. The van der Waals surface area contributed by atoms with Gasteiger partial charge in [0.15, 0.2) is 0 Å². The molecule has 0 radical (unpaired) electrons. The molecule has 1 nitrogen and oxygen atoms in total. The summed E-state index contributed by atoms with van der Waals surface area (Å²) in [5.74, 6) is 0. The highest BCUT2D eigenvalue weighted by molar-refractivity contribution is 8.00. The number of hydrogen-bond acceptors (Lipinski definition) is 2. The molecular weight excluding hydrogens is 274 g/mol. The maximum atomic E-state index is 6.59. The molecule has 0 bridgehead atoms. The molecule has 1 aliphatic rings. The van der Waals surface area contributed by atoms with E-state index in [9.17, 15) is 0 Å². The van der Waals surface area contributed by atoms with Crippen molar-refractivity contribution in [3.63, 3.8) is 0 Å². The Kier molecular flexibility index (Phi) is 4.37. The number of aryl methyl sites for hydroxylation is 3. The number of rotatable bonds is 2. The van der Waals surface area contributed by atoms with Crippen LogP contribution >= 0.6 is 11.8 Å². The molecular formula is C19H23NS. The Morgan fingerprint density at radius 1 is 1.05 bits per heavy atom. The summed E-state index contributed by atoms with van der Waals surface area (Å²) >= 11 is 1.95. The summed E-state index contributed by atoms with van der Waals surface area (Å²) in [7, 11) is 0. The summed E-state index contributed by atoms with van der Waals surface area (Å²) in [5, 5.41) is 0.468. The van der Waals surface area contributed by atoms with Crippen molar-refractivity contribution in [2.24, 2.45) is 5.73 Å². The van der Waals surface area contributed by atoms with E-state index in [-0.39, 0.29) is 6.04 Å². The predicted molar refractivity (Wildman–Crippen MR) is 91.9 cm³/mol. The number of benzene rings is 2. The van der Waals surface area contributed by atoms with Crippen molar-refractivity contribution < 1.29 is 0 Å². The molecule has 0 saturated carbocycles. The fourth-order valence-electron chi connectivity index (χ4n) is 3.05. The average molecular weight is 297 g/mol. The Morgan fingerprint density at radius 2 is 1.86 bits per heavy atom. The minimum atomic E-state index is 0.135. The lowest BCUT2D eigenvalue weighted by atomic mass is 10.00.